The lowest BCUT2D eigenvalue weighted by molar-refractivity contribution is -0.201. The predicted octanol–water partition coefficient (Wildman–Crippen LogP) is 2.23. The minimum Gasteiger partial charge on any atom is -0.508 e. The molecule has 1 aliphatic carbocycles. The standard InChI is InChI=1S/C36H37N3O9/c40-15-14-37-33(42)26-12-5-8-23(17-26)19-38-35(44)36-18-28-29-30(46-21-45-29)32(36)48-39(31(36)34(43)47-28)20-24-9-3-6-22(16-24)7-4-11-25-10-1-2-13-27(25)41/h1-10,12-13,16-17,28-32,40-41H,11,14-15,18-21H2,(H,37,42)(H,38,44). The molecule has 4 fully saturated rings. The van der Waals surface area contributed by atoms with Crippen LogP contribution in [0.4, 0.5) is 0 Å². The first-order valence-electron chi connectivity index (χ1n) is 16.0. The molecule has 3 saturated heterocycles. The number of para-hydroxylation sites is 1. The lowest BCUT2D eigenvalue weighted by Gasteiger charge is -2.48. The number of hydrogen-bond acceptors (Lipinski definition) is 10. The molecule has 6 atom stereocenters. The predicted molar refractivity (Wildman–Crippen MR) is 171 cm³/mol. The first-order valence-corrected chi connectivity index (χ1v) is 16.0. The van der Waals surface area contributed by atoms with E-state index in [0.717, 1.165) is 16.7 Å². The molecule has 2 amide bonds. The molecular formula is C36H37N3O9. The van der Waals surface area contributed by atoms with Gasteiger partial charge in [0.25, 0.3) is 5.91 Å². The van der Waals surface area contributed by atoms with Crippen molar-refractivity contribution in [3.8, 4) is 5.75 Å². The maximum absolute atomic E-state index is 14.3. The first kappa shape index (κ1) is 32.0. The Kier molecular flexibility index (Phi) is 8.99. The number of esters is 1. The molecule has 0 spiro atoms. The number of aromatic hydroxyl groups is 1. The zero-order valence-electron chi connectivity index (χ0n) is 26.1. The lowest BCUT2D eigenvalue weighted by atomic mass is 9.62. The molecule has 12 heteroatoms. The van der Waals surface area contributed by atoms with Crippen LogP contribution in [0.1, 0.15) is 39.0 Å². The number of nitrogens with zero attached hydrogens (tertiary/aromatic N) is 1. The highest BCUT2D eigenvalue weighted by atomic mass is 16.8. The van der Waals surface area contributed by atoms with E-state index in [-0.39, 0.29) is 57.0 Å². The number of phenolic OH excluding ortho intramolecular Hbond substituents is 1. The molecule has 4 aliphatic rings. The van der Waals surface area contributed by atoms with Gasteiger partial charge in [0.05, 0.1) is 13.2 Å². The summed E-state index contributed by atoms with van der Waals surface area (Å²) in [6, 6.07) is 20.8. The van der Waals surface area contributed by atoms with E-state index in [1.165, 1.54) is 0 Å². The van der Waals surface area contributed by atoms with Crippen molar-refractivity contribution in [1.82, 2.24) is 15.7 Å². The Hall–Kier alpha value is -4.59. The van der Waals surface area contributed by atoms with Crippen molar-refractivity contribution in [2.75, 3.05) is 19.9 Å². The second kappa shape index (κ2) is 13.5. The molecule has 12 nitrogen and oxygen atoms in total. The number of allylic oxidation sites excluding steroid dienone is 1. The molecule has 48 heavy (non-hydrogen) atoms. The van der Waals surface area contributed by atoms with Gasteiger partial charge in [-0.05, 0) is 46.9 Å². The Balaban J connectivity index is 1.11. The van der Waals surface area contributed by atoms with E-state index in [2.05, 4.69) is 10.6 Å². The number of phenols is 1. The van der Waals surface area contributed by atoms with Crippen LogP contribution in [0, 0.1) is 5.41 Å². The van der Waals surface area contributed by atoms with Crippen LogP contribution in [0.2, 0.25) is 0 Å². The zero-order valence-corrected chi connectivity index (χ0v) is 26.1. The van der Waals surface area contributed by atoms with Crippen LogP contribution in [-0.2, 0) is 48.1 Å². The Labute approximate surface area is 277 Å². The van der Waals surface area contributed by atoms with Gasteiger partial charge in [-0.25, -0.2) is 0 Å². The van der Waals surface area contributed by atoms with E-state index in [9.17, 15) is 19.5 Å². The SMILES string of the molecule is O=C(NCCO)c1cccc(CNC(=O)C23CC4OC(=O)C2N(Cc2cccc(C=CCc5ccccc5O)c2)OC3C2OCOC42)c1. The Morgan fingerprint density at radius 3 is 2.65 bits per heavy atom. The third kappa shape index (κ3) is 5.97. The summed E-state index contributed by atoms with van der Waals surface area (Å²) in [6.07, 6.45) is 2.09. The van der Waals surface area contributed by atoms with Crippen molar-refractivity contribution >= 4 is 23.9 Å². The van der Waals surface area contributed by atoms with Gasteiger partial charge in [-0.15, -0.1) is 0 Å². The number of aliphatic hydroxyl groups excluding tert-OH is 1. The molecule has 6 unspecified atom stereocenters. The number of nitrogens with one attached hydrogen (secondary N) is 2. The molecule has 3 aromatic carbocycles. The number of carbonyl (C=O) groups excluding carboxylic acids is 3. The third-order valence-electron chi connectivity index (χ3n) is 9.46. The fourth-order valence-corrected chi connectivity index (χ4v) is 7.25. The zero-order chi connectivity index (χ0) is 33.3. The average molecular weight is 656 g/mol. The number of benzene rings is 3. The summed E-state index contributed by atoms with van der Waals surface area (Å²) < 4.78 is 17.6. The van der Waals surface area contributed by atoms with Crippen LogP contribution in [0.25, 0.3) is 6.08 Å². The summed E-state index contributed by atoms with van der Waals surface area (Å²) in [5, 5.41) is 26.3. The number of rotatable bonds is 11. The van der Waals surface area contributed by atoms with Crippen LogP contribution in [-0.4, -0.2) is 83.5 Å². The first-order chi connectivity index (χ1) is 23.4. The van der Waals surface area contributed by atoms with E-state index in [1.807, 2.05) is 48.6 Å². The van der Waals surface area contributed by atoms with Crippen LogP contribution in [0.5, 0.6) is 5.75 Å². The molecule has 0 radical (unpaired) electrons. The lowest BCUT2D eigenvalue weighted by Crippen LogP contribution is -2.69. The molecule has 2 bridgehead atoms. The number of carbonyl (C=O) groups is 3. The normalized spacial score (nSPS) is 27.4. The van der Waals surface area contributed by atoms with Crippen molar-refractivity contribution in [3.63, 3.8) is 0 Å². The summed E-state index contributed by atoms with van der Waals surface area (Å²) in [4.78, 5) is 46.9. The monoisotopic (exact) mass is 655 g/mol. The number of hydrogen-bond donors (Lipinski definition) is 4. The van der Waals surface area contributed by atoms with Gasteiger partial charge in [-0.3, -0.25) is 19.2 Å². The molecule has 7 rings (SSSR count). The van der Waals surface area contributed by atoms with Crippen molar-refractivity contribution in [2.24, 2.45) is 5.41 Å². The molecule has 3 heterocycles. The van der Waals surface area contributed by atoms with Crippen LogP contribution < -0.4 is 10.6 Å². The molecular weight excluding hydrogens is 618 g/mol. The number of amides is 2. The van der Waals surface area contributed by atoms with Crippen molar-refractivity contribution in [2.45, 2.75) is 56.4 Å². The van der Waals surface area contributed by atoms with Crippen LogP contribution >= 0.6 is 0 Å². The second-order valence-electron chi connectivity index (χ2n) is 12.4. The summed E-state index contributed by atoms with van der Waals surface area (Å²) in [6.45, 7) is 0.287. The van der Waals surface area contributed by atoms with E-state index >= 15 is 0 Å². The maximum Gasteiger partial charge on any atom is 0.327 e. The van der Waals surface area contributed by atoms with E-state index in [1.54, 1.807) is 41.5 Å². The van der Waals surface area contributed by atoms with Crippen LogP contribution in [0.3, 0.4) is 0 Å². The summed E-state index contributed by atoms with van der Waals surface area (Å²) in [7, 11) is 0. The smallest absolute Gasteiger partial charge is 0.327 e. The average Bonchev–Trinajstić information content (AvgIpc) is 3.72. The van der Waals surface area contributed by atoms with E-state index in [0.29, 0.717) is 17.5 Å². The van der Waals surface area contributed by atoms with Gasteiger partial charge in [0.15, 0.2) is 6.04 Å². The van der Waals surface area contributed by atoms with Gasteiger partial charge < -0.3 is 35.1 Å². The number of fused-ring (bicyclic) bond motifs is 4. The van der Waals surface area contributed by atoms with Crippen molar-refractivity contribution in [1.29, 1.82) is 0 Å². The third-order valence-corrected chi connectivity index (χ3v) is 9.46. The van der Waals surface area contributed by atoms with Gasteiger partial charge >= 0.3 is 5.97 Å². The maximum atomic E-state index is 14.3. The van der Waals surface area contributed by atoms with Crippen LogP contribution in [0.15, 0.2) is 78.9 Å². The van der Waals surface area contributed by atoms with Gasteiger partial charge in [0, 0.05) is 25.1 Å². The molecule has 4 N–H and O–H groups in total. The van der Waals surface area contributed by atoms with Crippen molar-refractivity contribution in [3.05, 3.63) is 107 Å². The molecule has 250 valence electrons. The Morgan fingerprint density at radius 1 is 0.979 bits per heavy atom. The summed E-state index contributed by atoms with van der Waals surface area (Å²) in [5.41, 5.74) is 2.40. The Bertz CT molecular complexity index is 1730. The van der Waals surface area contributed by atoms with Gasteiger partial charge in [0.1, 0.15) is 42.4 Å². The highest BCUT2D eigenvalue weighted by molar-refractivity contribution is 5.95. The largest absolute Gasteiger partial charge is 0.508 e. The summed E-state index contributed by atoms with van der Waals surface area (Å²) >= 11 is 0. The summed E-state index contributed by atoms with van der Waals surface area (Å²) in [5.74, 6) is -1.01. The van der Waals surface area contributed by atoms with Gasteiger partial charge in [0.2, 0.25) is 5.91 Å². The number of aliphatic hydroxyl groups is 1. The Morgan fingerprint density at radius 2 is 1.79 bits per heavy atom. The number of hydroxylamine groups is 2. The fourth-order valence-electron chi connectivity index (χ4n) is 7.25. The quantitative estimate of drug-likeness (QED) is 0.226. The molecule has 3 aliphatic heterocycles. The van der Waals surface area contributed by atoms with E-state index < -0.39 is 41.8 Å². The topological polar surface area (TPSA) is 156 Å². The number of ether oxygens (including phenoxy) is 3. The fraction of sp³-hybridized carbons (Fsp3) is 0.361. The molecule has 0 aromatic heterocycles. The van der Waals surface area contributed by atoms with Gasteiger partial charge in [-0.2, -0.15) is 5.06 Å². The second-order valence-corrected chi connectivity index (χ2v) is 12.4. The highest BCUT2D eigenvalue weighted by Crippen LogP contribution is 2.55. The molecule has 3 aromatic rings. The minimum absolute atomic E-state index is 0.00584. The van der Waals surface area contributed by atoms with Gasteiger partial charge in [-0.1, -0.05) is 66.7 Å². The van der Waals surface area contributed by atoms with E-state index in [4.69, 9.17) is 24.2 Å². The van der Waals surface area contributed by atoms with Crippen molar-refractivity contribution < 1.29 is 43.6 Å². The molecule has 1 saturated carbocycles. The highest BCUT2D eigenvalue weighted by Gasteiger charge is 2.74. The minimum atomic E-state index is -1.31.